The van der Waals surface area contributed by atoms with Crippen molar-refractivity contribution in [1.29, 1.82) is 0 Å². The molecule has 2 rings (SSSR count). The molecule has 0 aliphatic heterocycles. The van der Waals surface area contributed by atoms with Crippen molar-refractivity contribution in [3.8, 4) is 0 Å². The molecule has 0 radical (unpaired) electrons. The summed E-state index contributed by atoms with van der Waals surface area (Å²) in [5.74, 6) is 0.731. The molecule has 1 aromatic heterocycles. The zero-order chi connectivity index (χ0) is 14.9. The second-order valence-electron chi connectivity index (χ2n) is 4.45. The van der Waals surface area contributed by atoms with E-state index < -0.39 is 10.0 Å². The molecule has 7 nitrogen and oxygen atoms in total. The van der Waals surface area contributed by atoms with Crippen LogP contribution in [0.15, 0.2) is 27.6 Å². The van der Waals surface area contributed by atoms with Gasteiger partial charge in [-0.1, -0.05) is 5.16 Å². The van der Waals surface area contributed by atoms with Crippen LogP contribution in [-0.2, 0) is 16.6 Å². The van der Waals surface area contributed by atoms with Crippen LogP contribution >= 0.6 is 0 Å². The second-order valence-corrected chi connectivity index (χ2v) is 6.01. The zero-order valence-electron chi connectivity index (χ0n) is 11.2. The average molecular weight is 296 g/mol. The first-order valence-electron chi connectivity index (χ1n) is 5.87. The Bertz CT molecular complexity index is 718. The molecule has 8 heteroatoms. The number of nitrogens with one attached hydrogen (secondary N) is 1. The van der Waals surface area contributed by atoms with Gasteiger partial charge >= 0.3 is 0 Å². The first-order valence-corrected chi connectivity index (χ1v) is 7.41. The van der Waals surface area contributed by atoms with Gasteiger partial charge in [0.1, 0.15) is 5.76 Å². The van der Waals surface area contributed by atoms with Crippen molar-refractivity contribution in [3.63, 3.8) is 0 Å². The van der Waals surface area contributed by atoms with Crippen molar-refractivity contribution in [2.75, 3.05) is 11.1 Å². The van der Waals surface area contributed by atoms with E-state index in [0.717, 1.165) is 17.0 Å². The fraction of sp³-hybridized carbons (Fsp3) is 0.250. The summed E-state index contributed by atoms with van der Waals surface area (Å²) in [6.45, 7) is 4.16. The summed E-state index contributed by atoms with van der Waals surface area (Å²) in [6, 6.07) is 4.31. The molecular formula is C12H16N4O3S. The number of hydrogen-bond acceptors (Lipinski definition) is 6. The lowest BCUT2D eigenvalue weighted by Gasteiger charge is -2.10. The fourth-order valence-corrected chi connectivity index (χ4v) is 2.37. The van der Waals surface area contributed by atoms with Gasteiger partial charge in [0.15, 0.2) is 0 Å². The van der Waals surface area contributed by atoms with E-state index in [1.54, 1.807) is 6.07 Å². The van der Waals surface area contributed by atoms with Crippen molar-refractivity contribution < 1.29 is 12.9 Å². The molecule has 0 aliphatic rings. The third-order valence-electron chi connectivity index (χ3n) is 2.99. The first-order chi connectivity index (χ1) is 9.29. The smallest absolute Gasteiger partial charge is 0.238 e. The summed E-state index contributed by atoms with van der Waals surface area (Å²) in [5, 5.41) is 12.0. The van der Waals surface area contributed by atoms with Gasteiger partial charge in [0.2, 0.25) is 10.0 Å². The minimum absolute atomic E-state index is 0.0158. The molecule has 0 saturated carbocycles. The Morgan fingerprint density at radius 3 is 2.55 bits per heavy atom. The van der Waals surface area contributed by atoms with E-state index in [2.05, 4.69) is 10.5 Å². The number of aromatic nitrogens is 1. The van der Waals surface area contributed by atoms with Crippen LogP contribution in [0.1, 0.15) is 17.0 Å². The van der Waals surface area contributed by atoms with E-state index in [-0.39, 0.29) is 4.90 Å². The molecule has 0 fully saturated rings. The van der Waals surface area contributed by atoms with E-state index in [0.29, 0.717) is 17.9 Å². The molecule has 20 heavy (non-hydrogen) atoms. The molecule has 2 aromatic rings. The number of nitrogens with two attached hydrogens (primary N) is 2. The van der Waals surface area contributed by atoms with Crippen LogP contribution < -0.4 is 16.2 Å². The van der Waals surface area contributed by atoms with E-state index in [1.165, 1.54) is 12.1 Å². The van der Waals surface area contributed by atoms with Gasteiger partial charge in [-0.3, -0.25) is 0 Å². The quantitative estimate of drug-likeness (QED) is 0.726. The highest BCUT2D eigenvalue weighted by molar-refractivity contribution is 7.89. The fourth-order valence-electron chi connectivity index (χ4n) is 1.82. The highest BCUT2D eigenvalue weighted by Crippen LogP contribution is 2.23. The van der Waals surface area contributed by atoms with Gasteiger partial charge in [-0.15, -0.1) is 0 Å². The van der Waals surface area contributed by atoms with Crippen molar-refractivity contribution in [2.45, 2.75) is 25.3 Å². The summed E-state index contributed by atoms with van der Waals surface area (Å²) < 4.78 is 27.5. The second kappa shape index (κ2) is 5.14. The maximum atomic E-state index is 11.2. The van der Waals surface area contributed by atoms with Gasteiger partial charge in [0.25, 0.3) is 0 Å². The first kappa shape index (κ1) is 14.4. The van der Waals surface area contributed by atoms with Crippen molar-refractivity contribution in [3.05, 3.63) is 35.2 Å². The maximum Gasteiger partial charge on any atom is 0.238 e. The molecule has 0 saturated heterocycles. The highest BCUT2D eigenvalue weighted by Gasteiger charge is 2.12. The predicted octanol–water partition coefficient (Wildman–Crippen LogP) is 1.13. The minimum atomic E-state index is -3.75. The van der Waals surface area contributed by atoms with Gasteiger partial charge in [-0.2, -0.15) is 0 Å². The summed E-state index contributed by atoms with van der Waals surface area (Å²) in [5.41, 5.74) is 8.49. The van der Waals surface area contributed by atoms with Crippen molar-refractivity contribution in [2.24, 2.45) is 5.14 Å². The van der Waals surface area contributed by atoms with Gasteiger partial charge in [-0.05, 0) is 32.0 Å². The lowest BCUT2D eigenvalue weighted by Crippen LogP contribution is -2.13. The Morgan fingerprint density at radius 1 is 1.35 bits per heavy atom. The Balaban J connectivity index is 2.19. The molecule has 0 amide bonds. The predicted molar refractivity (Wildman–Crippen MR) is 75.5 cm³/mol. The third kappa shape index (κ3) is 2.91. The summed E-state index contributed by atoms with van der Waals surface area (Å²) in [7, 11) is -3.75. The van der Waals surface area contributed by atoms with Crippen LogP contribution in [0.4, 0.5) is 11.4 Å². The Labute approximate surface area is 117 Å². The van der Waals surface area contributed by atoms with Gasteiger partial charge in [-0.25, -0.2) is 13.6 Å². The number of nitrogen functional groups attached to an aromatic ring is 1. The lowest BCUT2D eigenvalue weighted by molar-refractivity contribution is 0.392. The lowest BCUT2D eigenvalue weighted by atomic mass is 10.2. The zero-order valence-corrected chi connectivity index (χ0v) is 12.0. The average Bonchev–Trinajstić information content (AvgIpc) is 2.67. The van der Waals surface area contributed by atoms with Crippen LogP contribution in [0.3, 0.4) is 0 Å². The number of primary sulfonamides is 1. The molecule has 1 aromatic carbocycles. The maximum absolute atomic E-state index is 11.2. The van der Waals surface area contributed by atoms with Crippen molar-refractivity contribution >= 4 is 21.4 Å². The normalized spacial score (nSPS) is 11.6. The SMILES string of the molecule is Cc1noc(C)c1CNc1ccc(S(N)(=O)=O)cc1N. The molecule has 5 N–H and O–H groups in total. The topological polar surface area (TPSA) is 124 Å². The molecule has 0 unspecified atom stereocenters. The number of nitrogens with zero attached hydrogens (tertiary/aromatic N) is 1. The molecular weight excluding hydrogens is 280 g/mol. The van der Waals surface area contributed by atoms with Gasteiger partial charge in [0.05, 0.1) is 22.0 Å². The Morgan fingerprint density at radius 2 is 2.05 bits per heavy atom. The van der Waals surface area contributed by atoms with Crippen LogP contribution in [0.5, 0.6) is 0 Å². The number of aryl methyl sites for hydroxylation is 2. The number of hydrogen-bond donors (Lipinski definition) is 3. The monoisotopic (exact) mass is 296 g/mol. The molecule has 0 bridgehead atoms. The van der Waals surface area contributed by atoms with Crippen LogP contribution in [0.2, 0.25) is 0 Å². The Hall–Kier alpha value is -2.06. The van der Waals surface area contributed by atoms with E-state index >= 15 is 0 Å². The standard InChI is InChI=1S/C12H16N4O3S/c1-7-10(8(2)19-16-7)6-15-12-4-3-9(5-11(12)13)20(14,17)18/h3-5,15H,6,13H2,1-2H3,(H2,14,17,18). The summed E-state index contributed by atoms with van der Waals surface area (Å²) >= 11 is 0. The Kier molecular flexibility index (Phi) is 3.69. The molecule has 108 valence electrons. The summed E-state index contributed by atoms with van der Waals surface area (Å²) in [4.78, 5) is -0.0158. The third-order valence-corrected chi connectivity index (χ3v) is 3.90. The number of anilines is 2. The van der Waals surface area contributed by atoms with Gasteiger partial charge in [0, 0.05) is 12.1 Å². The molecule has 0 atom stereocenters. The van der Waals surface area contributed by atoms with Crippen LogP contribution in [0, 0.1) is 13.8 Å². The van der Waals surface area contributed by atoms with E-state index in [4.69, 9.17) is 15.4 Å². The largest absolute Gasteiger partial charge is 0.397 e. The number of rotatable bonds is 4. The molecule has 0 aliphatic carbocycles. The highest BCUT2D eigenvalue weighted by atomic mass is 32.2. The van der Waals surface area contributed by atoms with Gasteiger partial charge < -0.3 is 15.6 Å². The molecule has 0 spiro atoms. The number of sulfonamides is 1. The van der Waals surface area contributed by atoms with Crippen LogP contribution in [-0.4, -0.2) is 13.6 Å². The van der Waals surface area contributed by atoms with E-state index in [1.807, 2.05) is 13.8 Å². The molecule has 1 heterocycles. The van der Waals surface area contributed by atoms with Crippen molar-refractivity contribution in [1.82, 2.24) is 5.16 Å². The summed E-state index contributed by atoms with van der Waals surface area (Å²) in [6.07, 6.45) is 0. The van der Waals surface area contributed by atoms with E-state index in [9.17, 15) is 8.42 Å². The van der Waals surface area contributed by atoms with Crippen LogP contribution in [0.25, 0.3) is 0 Å². The minimum Gasteiger partial charge on any atom is -0.397 e. The number of benzene rings is 1.